The van der Waals surface area contributed by atoms with Crippen molar-refractivity contribution in [3.63, 3.8) is 0 Å². The molecule has 0 aliphatic heterocycles. The molecule has 2 rings (SSSR count). The van der Waals surface area contributed by atoms with Crippen LogP contribution in [0.3, 0.4) is 0 Å². The lowest BCUT2D eigenvalue weighted by Crippen LogP contribution is -2.03. The quantitative estimate of drug-likeness (QED) is 0.773. The number of hydrogen-bond donors (Lipinski definition) is 1. The molecular formula is C10H8FN3O. The molecule has 0 aliphatic rings. The average molecular weight is 205 g/mol. The van der Waals surface area contributed by atoms with Gasteiger partial charge in [-0.05, 0) is 24.3 Å². The maximum Gasteiger partial charge on any atom is 0.211 e. The van der Waals surface area contributed by atoms with E-state index in [4.69, 9.17) is 0 Å². The van der Waals surface area contributed by atoms with Gasteiger partial charge in [0.15, 0.2) is 0 Å². The summed E-state index contributed by atoms with van der Waals surface area (Å²) in [4.78, 5) is 10.3. The van der Waals surface area contributed by atoms with E-state index in [0.29, 0.717) is 17.8 Å². The highest BCUT2D eigenvalue weighted by molar-refractivity contribution is 5.76. The zero-order valence-corrected chi connectivity index (χ0v) is 7.72. The van der Waals surface area contributed by atoms with E-state index >= 15 is 0 Å². The van der Waals surface area contributed by atoms with Crippen LogP contribution in [0.25, 0.3) is 5.69 Å². The van der Waals surface area contributed by atoms with Gasteiger partial charge in [-0.25, -0.2) is 9.07 Å². The molecule has 1 aromatic heterocycles. The Balaban J connectivity index is 2.50. The van der Waals surface area contributed by atoms with Gasteiger partial charge < -0.3 is 5.32 Å². The van der Waals surface area contributed by atoms with Gasteiger partial charge in [0.05, 0.1) is 11.4 Å². The Morgan fingerprint density at radius 3 is 3.00 bits per heavy atom. The first kappa shape index (κ1) is 9.39. The fraction of sp³-hybridized carbons (Fsp3) is 0. The first-order valence-corrected chi connectivity index (χ1v) is 4.31. The lowest BCUT2D eigenvalue weighted by Gasteiger charge is -2.07. The molecule has 0 atom stereocenters. The highest BCUT2D eigenvalue weighted by Gasteiger charge is 2.05. The summed E-state index contributed by atoms with van der Waals surface area (Å²) < 4.78 is 14.5. The second-order valence-electron chi connectivity index (χ2n) is 2.87. The summed E-state index contributed by atoms with van der Waals surface area (Å²) in [5.41, 5.74) is 1.00. The molecule has 0 bridgehead atoms. The summed E-state index contributed by atoms with van der Waals surface area (Å²) in [7, 11) is 0. The normalized spacial score (nSPS) is 9.93. The van der Waals surface area contributed by atoms with E-state index in [1.54, 1.807) is 29.2 Å². The van der Waals surface area contributed by atoms with E-state index < -0.39 is 5.82 Å². The molecule has 5 heteroatoms. The minimum absolute atomic E-state index is 0.383. The number of benzene rings is 1. The molecule has 0 spiro atoms. The molecule has 0 saturated carbocycles. The Bertz CT molecular complexity index is 468. The molecule has 0 fully saturated rings. The van der Waals surface area contributed by atoms with Crippen LogP contribution in [0.2, 0.25) is 0 Å². The van der Waals surface area contributed by atoms with Crippen LogP contribution >= 0.6 is 0 Å². The van der Waals surface area contributed by atoms with Crippen LogP contribution < -0.4 is 5.32 Å². The van der Waals surface area contributed by atoms with Crippen LogP contribution in [0.15, 0.2) is 36.7 Å². The van der Waals surface area contributed by atoms with Gasteiger partial charge >= 0.3 is 0 Å². The van der Waals surface area contributed by atoms with Gasteiger partial charge in [0.25, 0.3) is 0 Å². The van der Waals surface area contributed by atoms with Crippen molar-refractivity contribution in [2.24, 2.45) is 0 Å². The van der Waals surface area contributed by atoms with Crippen LogP contribution in [-0.2, 0) is 4.79 Å². The maximum absolute atomic E-state index is 12.9. The van der Waals surface area contributed by atoms with Crippen molar-refractivity contribution < 1.29 is 9.18 Å². The second-order valence-corrected chi connectivity index (χ2v) is 2.87. The van der Waals surface area contributed by atoms with Crippen molar-refractivity contribution >= 4 is 12.1 Å². The SMILES string of the molecule is O=CNc1cc(F)ccc1-n1cccn1. The molecular weight excluding hydrogens is 197 g/mol. The lowest BCUT2D eigenvalue weighted by molar-refractivity contribution is -0.105. The fourth-order valence-electron chi connectivity index (χ4n) is 1.30. The summed E-state index contributed by atoms with van der Waals surface area (Å²) in [5.74, 6) is -0.407. The van der Waals surface area contributed by atoms with Crippen LogP contribution in [0, 0.1) is 5.82 Å². The Kier molecular flexibility index (Phi) is 2.45. The van der Waals surface area contributed by atoms with E-state index in [9.17, 15) is 9.18 Å². The molecule has 1 aromatic carbocycles. The van der Waals surface area contributed by atoms with Crippen molar-refractivity contribution in [3.8, 4) is 5.69 Å². The predicted molar refractivity (Wildman–Crippen MR) is 53.2 cm³/mol. The molecule has 0 aliphatic carbocycles. The minimum Gasteiger partial charge on any atom is -0.327 e. The van der Waals surface area contributed by atoms with Gasteiger partial charge in [-0.2, -0.15) is 5.10 Å². The largest absolute Gasteiger partial charge is 0.327 e. The second kappa shape index (κ2) is 3.91. The van der Waals surface area contributed by atoms with Crippen molar-refractivity contribution in [1.82, 2.24) is 9.78 Å². The van der Waals surface area contributed by atoms with E-state index in [2.05, 4.69) is 10.4 Å². The van der Waals surface area contributed by atoms with Gasteiger partial charge in [0.1, 0.15) is 5.82 Å². The first-order valence-electron chi connectivity index (χ1n) is 4.31. The van der Waals surface area contributed by atoms with E-state index in [1.165, 1.54) is 12.1 Å². The number of carbonyl (C=O) groups excluding carboxylic acids is 1. The Morgan fingerprint density at radius 2 is 2.33 bits per heavy atom. The lowest BCUT2D eigenvalue weighted by atomic mass is 10.2. The summed E-state index contributed by atoms with van der Waals surface area (Å²) in [6.45, 7) is 0. The average Bonchev–Trinajstić information content (AvgIpc) is 2.71. The Morgan fingerprint density at radius 1 is 1.47 bits per heavy atom. The molecule has 1 heterocycles. The third-order valence-electron chi connectivity index (χ3n) is 1.92. The number of nitrogens with one attached hydrogen (secondary N) is 1. The van der Waals surface area contributed by atoms with Crippen LogP contribution in [-0.4, -0.2) is 16.2 Å². The molecule has 1 N–H and O–H groups in total. The summed E-state index contributed by atoms with van der Waals surface area (Å²) in [6.07, 6.45) is 3.82. The van der Waals surface area contributed by atoms with E-state index in [1.807, 2.05) is 0 Å². The van der Waals surface area contributed by atoms with E-state index in [0.717, 1.165) is 0 Å². The van der Waals surface area contributed by atoms with Gasteiger partial charge in [-0.15, -0.1) is 0 Å². The standard InChI is InChI=1S/C10H8FN3O/c11-8-2-3-10(9(6-8)12-7-15)14-5-1-4-13-14/h1-7H,(H,12,15). The van der Waals surface area contributed by atoms with Crippen LogP contribution in [0.5, 0.6) is 0 Å². The summed E-state index contributed by atoms with van der Waals surface area (Å²) >= 11 is 0. The van der Waals surface area contributed by atoms with Crippen LogP contribution in [0.4, 0.5) is 10.1 Å². The maximum atomic E-state index is 12.9. The fourth-order valence-corrected chi connectivity index (χ4v) is 1.30. The third-order valence-corrected chi connectivity index (χ3v) is 1.92. The van der Waals surface area contributed by atoms with Gasteiger partial charge in [0.2, 0.25) is 6.41 Å². The van der Waals surface area contributed by atoms with Gasteiger partial charge in [-0.1, -0.05) is 0 Å². The Hall–Kier alpha value is -2.17. The topological polar surface area (TPSA) is 46.9 Å². The minimum atomic E-state index is -0.407. The molecule has 2 aromatic rings. The highest BCUT2D eigenvalue weighted by atomic mass is 19.1. The monoisotopic (exact) mass is 205 g/mol. The molecule has 0 radical (unpaired) electrons. The van der Waals surface area contributed by atoms with Gasteiger partial charge in [0, 0.05) is 12.4 Å². The first-order chi connectivity index (χ1) is 7.31. The molecule has 76 valence electrons. The number of hydrogen-bond acceptors (Lipinski definition) is 2. The number of carbonyl (C=O) groups is 1. The summed E-state index contributed by atoms with van der Waals surface area (Å²) in [5, 5.41) is 6.42. The van der Waals surface area contributed by atoms with Crippen molar-refractivity contribution in [3.05, 3.63) is 42.5 Å². The number of aromatic nitrogens is 2. The molecule has 0 saturated heterocycles. The summed E-state index contributed by atoms with van der Waals surface area (Å²) in [6, 6.07) is 5.85. The number of nitrogens with zero attached hydrogens (tertiary/aromatic N) is 2. The molecule has 0 unspecified atom stereocenters. The smallest absolute Gasteiger partial charge is 0.211 e. The third kappa shape index (κ3) is 1.85. The zero-order chi connectivity index (χ0) is 10.7. The highest BCUT2D eigenvalue weighted by Crippen LogP contribution is 2.19. The molecule has 15 heavy (non-hydrogen) atoms. The van der Waals surface area contributed by atoms with Crippen LogP contribution in [0.1, 0.15) is 0 Å². The number of anilines is 1. The zero-order valence-electron chi connectivity index (χ0n) is 7.72. The Labute approximate surface area is 85.3 Å². The van der Waals surface area contributed by atoms with Crippen molar-refractivity contribution in [2.45, 2.75) is 0 Å². The van der Waals surface area contributed by atoms with Gasteiger partial charge in [-0.3, -0.25) is 4.79 Å². The molecule has 1 amide bonds. The predicted octanol–water partition coefficient (Wildman–Crippen LogP) is 1.58. The number of amides is 1. The molecule has 4 nitrogen and oxygen atoms in total. The number of rotatable bonds is 3. The van der Waals surface area contributed by atoms with E-state index in [-0.39, 0.29) is 0 Å². The van der Waals surface area contributed by atoms with Crippen molar-refractivity contribution in [2.75, 3.05) is 5.32 Å². The van der Waals surface area contributed by atoms with Crippen molar-refractivity contribution in [1.29, 1.82) is 0 Å². The number of halogens is 1.